The minimum atomic E-state index is -0.535. The van der Waals surface area contributed by atoms with Crippen molar-refractivity contribution in [1.82, 2.24) is 4.90 Å². The van der Waals surface area contributed by atoms with Crippen LogP contribution in [0, 0.1) is 0 Å². The number of likely N-dealkylation sites (N-methyl/N-ethyl adjacent to an activating group) is 1. The molecule has 1 rings (SSSR count). The van der Waals surface area contributed by atoms with E-state index in [0.717, 1.165) is 17.9 Å². The quantitative estimate of drug-likeness (QED) is 0.681. The van der Waals surface area contributed by atoms with Crippen LogP contribution in [0.4, 0.5) is 0 Å². The van der Waals surface area contributed by atoms with Crippen LogP contribution in [0.1, 0.15) is 5.56 Å². The summed E-state index contributed by atoms with van der Waals surface area (Å²) in [5.41, 5.74) is 6.57. The second kappa shape index (κ2) is 8.87. The molecule has 1 unspecified atom stereocenters. The molecule has 1 atom stereocenters. The Kier molecular flexibility index (Phi) is 7.43. The van der Waals surface area contributed by atoms with E-state index in [1.54, 1.807) is 7.11 Å². The lowest BCUT2D eigenvalue weighted by Crippen LogP contribution is -2.35. The van der Waals surface area contributed by atoms with Crippen molar-refractivity contribution in [2.75, 3.05) is 40.5 Å². The number of hydrogen-bond donors (Lipinski definition) is 2. The van der Waals surface area contributed by atoms with Crippen LogP contribution >= 0.6 is 0 Å². The van der Waals surface area contributed by atoms with Gasteiger partial charge in [0.15, 0.2) is 0 Å². The SMILES string of the molecule is COCCN(C)CC(O)COc1ccccc1CN. The van der Waals surface area contributed by atoms with Gasteiger partial charge in [0.05, 0.1) is 6.61 Å². The largest absolute Gasteiger partial charge is 0.491 e. The van der Waals surface area contributed by atoms with Crippen molar-refractivity contribution in [2.24, 2.45) is 5.73 Å². The molecular formula is C14H24N2O3. The highest BCUT2D eigenvalue weighted by Crippen LogP contribution is 2.17. The predicted octanol–water partition coefficient (Wildman–Crippen LogP) is 0.463. The first kappa shape index (κ1) is 15.9. The van der Waals surface area contributed by atoms with Gasteiger partial charge in [0.25, 0.3) is 0 Å². The van der Waals surface area contributed by atoms with Gasteiger partial charge in [-0.15, -0.1) is 0 Å². The molecule has 1 aromatic carbocycles. The van der Waals surface area contributed by atoms with Crippen molar-refractivity contribution >= 4 is 0 Å². The molecule has 1 aromatic rings. The zero-order valence-corrected chi connectivity index (χ0v) is 11.7. The molecule has 0 fully saturated rings. The summed E-state index contributed by atoms with van der Waals surface area (Å²) in [6, 6.07) is 7.60. The number of rotatable bonds is 9. The molecular weight excluding hydrogens is 244 g/mol. The summed E-state index contributed by atoms with van der Waals surface area (Å²) in [6.07, 6.45) is -0.535. The normalized spacial score (nSPS) is 12.7. The van der Waals surface area contributed by atoms with E-state index in [2.05, 4.69) is 0 Å². The highest BCUT2D eigenvalue weighted by molar-refractivity contribution is 5.32. The lowest BCUT2D eigenvalue weighted by molar-refractivity contribution is 0.0665. The highest BCUT2D eigenvalue weighted by Gasteiger charge is 2.10. The molecule has 0 heterocycles. The summed E-state index contributed by atoms with van der Waals surface area (Å²) in [6.45, 7) is 2.68. The van der Waals surface area contributed by atoms with E-state index < -0.39 is 6.10 Å². The molecule has 0 aromatic heterocycles. The third kappa shape index (κ3) is 6.02. The fourth-order valence-corrected chi connectivity index (χ4v) is 1.75. The van der Waals surface area contributed by atoms with Crippen LogP contribution in [0.2, 0.25) is 0 Å². The number of aliphatic hydroxyl groups is 1. The number of methoxy groups -OCH3 is 1. The van der Waals surface area contributed by atoms with Crippen molar-refractivity contribution in [3.05, 3.63) is 29.8 Å². The Labute approximate surface area is 114 Å². The number of aliphatic hydroxyl groups excluding tert-OH is 1. The van der Waals surface area contributed by atoms with E-state index in [4.69, 9.17) is 15.2 Å². The van der Waals surface area contributed by atoms with Crippen molar-refractivity contribution in [1.29, 1.82) is 0 Å². The standard InChI is InChI=1S/C14H24N2O3/c1-16(7-8-18-2)10-13(17)11-19-14-6-4-3-5-12(14)9-15/h3-6,13,17H,7-11,15H2,1-2H3. The number of nitrogens with two attached hydrogens (primary N) is 1. The van der Waals surface area contributed by atoms with Gasteiger partial charge in [-0.25, -0.2) is 0 Å². The van der Waals surface area contributed by atoms with Crippen LogP contribution in [0.15, 0.2) is 24.3 Å². The number of benzene rings is 1. The van der Waals surface area contributed by atoms with Crippen molar-refractivity contribution < 1.29 is 14.6 Å². The third-order valence-corrected chi connectivity index (χ3v) is 2.82. The van der Waals surface area contributed by atoms with E-state index >= 15 is 0 Å². The molecule has 5 nitrogen and oxygen atoms in total. The monoisotopic (exact) mass is 268 g/mol. The maximum atomic E-state index is 9.91. The van der Waals surface area contributed by atoms with Crippen LogP contribution < -0.4 is 10.5 Å². The van der Waals surface area contributed by atoms with Crippen molar-refractivity contribution in [3.8, 4) is 5.75 Å². The molecule has 0 aliphatic heterocycles. The van der Waals surface area contributed by atoms with Crippen molar-refractivity contribution in [2.45, 2.75) is 12.6 Å². The van der Waals surface area contributed by atoms with Crippen LogP contribution in [0.5, 0.6) is 5.75 Å². The molecule has 0 aliphatic rings. The first-order chi connectivity index (χ1) is 9.17. The van der Waals surface area contributed by atoms with Gasteiger partial charge in [0.2, 0.25) is 0 Å². The van der Waals surface area contributed by atoms with Gasteiger partial charge < -0.3 is 25.2 Å². The molecule has 0 spiro atoms. The molecule has 0 saturated heterocycles. The number of hydrogen-bond acceptors (Lipinski definition) is 5. The second-order valence-electron chi connectivity index (χ2n) is 4.53. The summed E-state index contributed by atoms with van der Waals surface area (Å²) in [5, 5.41) is 9.91. The number of ether oxygens (including phenoxy) is 2. The minimum Gasteiger partial charge on any atom is -0.491 e. The molecule has 5 heteroatoms. The third-order valence-electron chi connectivity index (χ3n) is 2.82. The van der Waals surface area contributed by atoms with Crippen LogP contribution in [0.25, 0.3) is 0 Å². The Morgan fingerprint density at radius 2 is 2.11 bits per heavy atom. The van der Waals surface area contributed by atoms with E-state index in [9.17, 15) is 5.11 Å². The predicted molar refractivity (Wildman–Crippen MR) is 75.2 cm³/mol. The van der Waals surface area contributed by atoms with Gasteiger partial charge in [-0.3, -0.25) is 0 Å². The Morgan fingerprint density at radius 1 is 1.37 bits per heavy atom. The van der Waals surface area contributed by atoms with E-state index in [1.165, 1.54) is 0 Å². The Hall–Kier alpha value is -1.14. The summed E-state index contributed by atoms with van der Waals surface area (Å²) in [4.78, 5) is 2.01. The molecule has 108 valence electrons. The van der Waals surface area contributed by atoms with Crippen LogP contribution in [-0.2, 0) is 11.3 Å². The molecule has 0 saturated carbocycles. The van der Waals surface area contributed by atoms with Gasteiger partial charge >= 0.3 is 0 Å². The van der Waals surface area contributed by atoms with Crippen LogP contribution in [-0.4, -0.2) is 56.6 Å². The van der Waals surface area contributed by atoms with Gasteiger partial charge in [-0.2, -0.15) is 0 Å². The maximum Gasteiger partial charge on any atom is 0.123 e. The van der Waals surface area contributed by atoms with E-state index in [0.29, 0.717) is 19.7 Å². The van der Waals surface area contributed by atoms with Crippen molar-refractivity contribution in [3.63, 3.8) is 0 Å². The van der Waals surface area contributed by atoms with Crippen LogP contribution in [0.3, 0.4) is 0 Å². The molecule has 19 heavy (non-hydrogen) atoms. The molecule has 0 aliphatic carbocycles. The van der Waals surface area contributed by atoms with E-state index in [1.807, 2.05) is 36.2 Å². The highest BCUT2D eigenvalue weighted by atomic mass is 16.5. The lowest BCUT2D eigenvalue weighted by Gasteiger charge is -2.20. The summed E-state index contributed by atoms with van der Waals surface area (Å²) in [5.74, 6) is 0.739. The lowest BCUT2D eigenvalue weighted by atomic mass is 10.2. The summed E-state index contributed by atoms with van der Waals surface area (Å²) < 4.78 is 10.6. The molecule has 0 amide bonds. The fourth-order valence-electron chi connectivity index (χ4n) is 1.75. The molecule has 3 N–H and O–H groups in total. The Morgan fingerprint density at radius 3 is 2.79 bits per heavy atom. The van der Waals surface area contributed by atoms with Gasteiger partial charge in [0, 0.05) is 32.3 Å². The smallest absolute Gasteiger partial charge is 0.123 e. The first-order valence-corrected chi connectivity index (χ1v) is 6.43. The van der Waals surface area contributed by atoms with Gasteiger partial charge in [-0.05, 0) is 13.1 Å². The number of para-hydroxylation sites is 1. The molecule has 0 bridgehead atoms. The maximum absolute atomic E-state index is 9.91. The summed E-state index contributed by atoms with van der Waals surface area (Å²) in [7, 11) is 3.60. The average molecular weight is 268 g/mol. The van der Waals surface area contributed by atoms with Gasteiger partial charge in [-0.1, -0.05) is 18.2 Å². The zero-order valence-electron chi connectivity index (χ0n) is 11.7. The minimum absolute atomic E-state index is 0.258. The Balaban J connectivity index is 2.35. The summed E-state index contributed by atoms with van der Waals surface area (Å²) >= 11 is 0. The average Bonchev–Trinajstić information content (AvgIpc) is 2.43. The number of nitrogens with zero attached hydrogens (tertiary/aromatic N) is 1. The zero-order chi connectivity index (χ0) is 14.1. The molecule has 0 radical (unpaired) electrons. The fraction of sp³-hybridized carbons (Fsp3) is 0.571. The van der Waals surface area contributed by atoms with E-state index in [-0.39, 0.29) is 6.61 Å². The van der Waals surface area contributed by atoms with Gasteiger partial charge in [0.1, 0.15) is 18.5 Å². The Bertz CT molecular complexity index is 360. The second-order valence-corrected chi connectivity index (χ2v) is 4.53. The topological polar surface area (TPSA) is 68.0 Å². The first-order valence-electron chi connectivity index (χ1n) is 6.43.